The molecule has 37 heavy (non-hydrogen) atoms. The average molecular weight is 545 g/mol. The lowest BCUT2D eigenvalue weighted by atomic mass is 9.97. The van der Waals surface area contributed by atoms with Gasteiger partial charge in [0.1, 0.15) is 0 Å². The lowest BCUT2D eigenvalue weighted by Crippen LogP contribution is -2.32. The van der Waals surface area contributed by atoms with Gasteiger partial charge in [0.25, 0.3) is 5.91 Å². The second-order valence-corrected chi connectivity index (χ2v) is 12.4. The molecule has 2 N–H and O–H groups in total. The van der Waals surface area contributed by atoms with Crippen LogP contribution in [-0.2, 0) is 27.8 Å². The molecule has 4 rings (SSSR count). The van der Waals surface area contributed by atoms with Crippen molar-refractivity contribution in [1.82, 2.24) is 9.71 Å². The highest BCUT2D eigenvalue weighted by Gasteiger charge is 2.19. The van der Waals surface area contributed by atoms with Gasteiger partial charge in [0.2, 0.25) is 10.0 Å². The van der Waals surface area contributed by atoms with Crippen LogP contribution in [0, 0.1) is 6.92 Å². The van der Waals surface area contributed by atoms with Crippen LogP contribution in [0.25, 0.3) is 10.9 Å². The van der Waals surface area contributed by atoms with Crippen LogP contribution in [0.2, 0.25) is 5.02 Å². The largest absolute Gasteiger partial charge is 0.374 e. The molecule has 0 unspecified atom stereocenters. The summed E-state index contributed by atoms with van der Waals surface area (Å²) in [5.74, 6) is -0.660. The van der Waals surface area contributed by atoms with Crippen LogP contribution in [0.15, 0.2) is 36.4 Å². The SMILES string of the molecule is CCCCCS(=O)(=O)NC(=O)c1ccc2[nH]c(C)c(Cc3ccc(COC4CCCCC4)cc3Cl)c2c1. The number of amides is 1. The van der Waals surface area contributed by atoms with E-state index in [0.717, 1.165) is 59.0 Å². The number of fused-ring (bicyclic) bond motifs is 1. The van der Waals surface area contributed by atoms with Gasteiger partial charge in [-0.2, -0.15) is 0 Å². The summed E-state index contributed by atoms with van der Waals surface area (Å²) >= 11 is 6.68. The van der Waals surface area contributed by atoms with Gasteiger partial charge in [-0.25, -0.2) is 13.1 Å². The Balaban J connectivity index is 1.48. The minimum atomic E-state index is -3.66. The van der Waals surface area contributed by atoms with Crippen molar-refractivity contribution in [2.45, 2.75) is 84.3 Å². The summed E-state index contributed by atoms with van der Waals surface area (Å²) in [7, 11) is -3.66. The average Bonchev–Trinajstić information content (AvgIpc) is 3.18. The van der Waals surface area contributed by atoms with E-state index in [-0.39, 0.29) is 5.75 Å². The van der Waals surface area contributed by atoms with E-state index in [4.69, 9.17) is 16.3 Å². The number of aromatic amines is 1. The van der Waals surface area contributed by atoms with Gasteiger partial charge in [-0.15, -0.1) is 0 Å². The van der Waals surface area contributed by atoms with Crippen molar-refractivity contribution in [3.8, 4) is 0 Å². The van der Waals surface area contributed by atoms with Gasteiger partial charge in [-0.3, -0.25) is 4.79 Å². The van der Waals surface area contributed by atoms with Crippen LogP contribution in [0.3, 0.4) is 0 Å². The van der Waals surface area contributed by atoms with E-state index >= 15 is 0 Å². The minimum absolute atomic E-state index is 0.0521. The van der Waals surface area contributed by atoms with Gasteiger partial charge < -0.3 is 9.72 Å². The fourth-order valence-corrected chi connectivity index (χ4v) is 6.36. The second-order valence-electron chi connectivity index (χ2n) is 10.1. The third-order valence-electron chi connectivity index (χ3n) is 7.17. The van der Waals surface area contributed by atoms with Crippen molar-refractivity contribution in [1.29, 1.82) is 0 Å². The highest BCUT2D eigenvalue weighted by molar-refractivity contribution is 7.90. The highest BCUT2D eigenvalue weighted by Crippen LogP contribution is 2.29. The molecule has 0 spiro atoms. The van der Waals surface area contributed by atoms with Crippen LogP contribution in [-0.4, -0.2) is 31.2 Å². The Hall–Kier alpha value is -2.35. The summed E-state index contributed by atoms with van der Waals surface area (Å²) in [6.45, 7) is 4.56. The molecule has 6 nitrogen and oxygen atoms in total. The molecule has 1 saturated carbocycles. The van der Waals surface area contributed by atoms with Crippen LogP contribution in [0.5, 0.6) is 0 Å². The summed E-state index contributed by atoms with van der Waals surface area (Å²) in [5, 5.41) is 1.57. The number of benzene rings is 2. The number of carbonyl (C=O) groups is 1. The standard InChI is InChI=1S/C29H37ClN2O4S/c1-3-4-8-15-37(34,35)32-29(33)23-13-14-28-26(18-23)25(20(2)31-28)17-22-12-11-21(16-27(22)30)19-36-24-9-6-5-7-10-24/h11-14,16,18,24,31H,3-10,15,17,19H2,1-2H3,(H,32,33). The molecule has 0 saturated heterocycles. The van der Waals surface area contributed by atoms with Gasteiger partial charge in [0.05, 0.1) is 18.5 Å². The number of nitrogens with one attached hydrogen (secondary N) is 2. The summed E-state index contributed by atoms with van der Waals surface area (Å²) in [6.07, 6.45) is 9.25. The predicted octanol–water partition coefficient (Wildman–Crippen LogP) is 6.82. The number of ether oxygens (including phenoxy) is 1. The summed E-state index contributed by atoms with van der Waals surface area (Å²) in [5.41, 5.74) is 5.27. The third kappa shape index (κ3) is 7.37. The predicted molar refractivity (Wildman–Crippen MR) is 150 cm³/mol. The Morgan fingerprint density at radius 2 is 1.89 bits per heavy atom. The highest BCUT2D eigenvalue weighted by atomic mass is 35.5. The quantitative estimate of drug-likeness (QED) is 0.259. The van der Waals surface area contributed by atoms with Crippen molar-refractivity contribution in [3.63, 3.8) is 0 Å². The topological polar surface area (TPSA) is 88.3 Å². The molecule has 8 heteroatoms. The number of rotatable bonds is 11. The van der Waals surface area contributed by atoms with E-state index in [2.05, 4.69) is 15.8 Å². The number of unbranched alkanes of at least 4 members (excludes halogenated alkanes) is 2. The van der Waals surface area contributed by atoms with E-state index in [1.54, 1.807) is 12.1 Å². The molecule has 3 aromatic rings. The molecule has 2 aromatic carbocycles. The molecule has 200 valence electrons. The van der Waals surface area contributed by atoms with Crippen LogP contribution in [0.1, 0.15) is 91.0 Å². The number of aryl methyl sites for hydroxylation is 1. The normalized spacial score (nSPS) is 14.8. The molecule has 1 heterocycles. The molecule has 1 aromatic heterocycles. The molecule has 0 radical (unpaired) electrons. The Kier molecular flexibility index (Phi) is 9.32. The summed E-state index contributed by atoms with van der Waals surface area (Å²) in [4.78, 5) is 16.1. The van der Waals surface area contributed by atoms with Crippen LogP contribution < -0.4 is 4.72 Å². The van der Waals surface area contributed by atoms with Gasteiger partial charge in [0, 0.05) is 33.6 Å². The summed E-state index contributed by atoms with van der Waals surface area (Å²) < 4.78 is 32.9. The Bertz CT molecular complexity index is 1340. The first kappa shape index (κ1) is 27.7. The molecular weight excluding hydrogens is 508 g/mol. The van der Waals surface area contributed by atoms with Crippen molar-refractivity contribution in [3.05, 3.63) is 69.4 Å². The van der Waals surface area contributed by atoms with E-state index in [1.807, 2.05) is 32.0 Å². The second kappa shape index (κ2) is 12.5. The molecular formula is C29H37ClN2O4S. The Morgan fingerprint density at radius 1 is 1.11 bits per heavy atom. The van der Waals surface area contributed by atoms with Gasteiger partial charge >= 0.3 is 0 Å². The van der Waals surface area contributed by atoms with Gasteiger partial charge in [-0.1, -0.05) is 62.8 Å². The third-order valence-corrected chi connectivity index (χ3v) is 8.84. The van der Waals surface area contributed by atoms with E-state index in [9.17, 15) is 13.2 Å². The maximum atomic E-state index is 12.7. The number of H-pyrrole nitrogens is 1. The van der Waals surface area contributed by atoms with Gasteiger partial charge in [-0.05, 0) is 67.1 Å². The number of carbonyl (C=O) groups excluding carboxylic acids is 1. The zero-order valence-electron chi connectivity index (χ0n) is 21.7. The first-order valence-corrected chi connectivity index (χ1v) is 15.3. The van der Waals surface area contributed by atoms with Crippen molar-refractivity contribution < 1.29 is 17.9 Å². The zero-order valence-corrected chi connectivity index (χ0v) is 23.3. The van der Waals surface area contributed by atoms with Crippen molar-refractivity contribution in [2.75, 3.05) is 5.75 Å². The van der Waals surface area contributed by atoms with E-state index < -0.39 is 15.9 Å². The number of sulfonamides is 1. The lowest BCUT2D eigenvalue weighted by molar-refractivity contribution is 0.0169. The van der Waals surface area contributed by atoms with E-state index in [0.29, 0.717) is 36.1 Å². The summed E-state index contributed by atoms with van der Waals surface area (Å²) in [6, 6.07) is 11.3. The van der Waals surface area contributed by atoms with E-state index in [1.165, 1.54) is 19.3 Å². The fourth-order valence-electron chi connectivity index (χ4n) is 5.00. The molecule has 1 aliphatic carbocycles. The lowest BCUT2D eigenvalue weighted by Gasteiger charge is -2.22. The van der Waals surface area contributed by atoms with Gasteiger partial charge in [0.15, 0.2) is 0 Å². The monoisotopic (exact) mass is 544 g/mol. The molecule has 0 bridgehead atoms. The molecule has 0 aliphatic heterocycles. The number of hydrogen-bond donors (Lipinski definition) is 2. The smallest absolute Gasteiger partial charge is 0.264 e. The molecule has 1 aliphatic rings. The first-order valence-electron chi connectivity index (χ1n) is 13.3. The molecule has 1 fully saturated rings. The van der Waals surface area contributed by atoms with Crippen LogP contribution in [0.4, 0.5) is 0 Å². The molecule has 1 amide bonds. The minimum Gasteiger partial charge on any atom is -0.374 e. The maximum Gasteiger partial charge on any atom is 0.264 e. The zero-order chi connectivity index (χ0) is 26.4. The Morgan fingerprint density at radius 3 is 2.62 bits per heavy atom. The number of hydrogen-bond acceptors (Lipinski definition) is 4. The first-order chi connectivity index (χ1) is 17.8. The van der Waals surface area contributed by atoms with Crippen molar-refractivity contribution >= 4 is 38.4 Å². The molecule has 0 atom stereocenters. The number of halogens is 1. The number of aromatic nitrogens is 1. The maximum absolute atomic E-state index is 12.7. The Labute approximate surface area is 225 Å². The fraction of sp³-hybridized carbons (Fsp3) is 0.483. The van der Waals surface area contributed by atoms with Crippen LogP contribution >= 0.6 is 11.6 Å². The van der Waals surface area contributed by atoms with Crippen molar-refractivity contribution in [2.24, 2.45) is 0 Å².